The van der Waals surface area contributed by atoms with Gasteiger partial charge in [-0.2, -0.15) is 0 Å². The van der Waals surface area contributed by atoms with Crippen molar-refractivity contribution in [3.8, 4) is 0 Å². The maximum atomic E-state index is 13.6. The van der Waals surface area contributed by atoms with Crippen molar-refractivity contribution in [2.24, 2.45) is 0 Å². The number of amides is 1. The van der Waals surface area contributed by atoms with Crippen molar-refractivity contribution < 1.29 is 13.6 Å². The molecule has 0 spiro atoms. The molecule has 0 aliphatic carbocycles. The lowest BCUT2D eigenvalue weighted by Crippen LogP contribution is -2.26. The molecule has 1 amide bonds. The number of para-hydroxylation sites is 1. The Balaban J connectivity index is 1.98. The van der Waals surface area contributed by atoms with E-state index < -0.39 is 5.82 Å². The predicted octanol–water partition coefficient (Wildman–Crippen LogP) is 2.98. The van der Waals surface area contributed by atoms with Crippen LogP contribution in [0.4, 0.5) is 14.5 Å². The molecule has 110 valence electrons. The van der Waals surface area contributed by atoms with E-state index in [1.807, 2.05) is 0 Å². The molecule has 0 radical (unpaired) electrons. The zero-order valence-electron chi connectivity index (χ0n) is 11.6. The molecule has 0 aliphatic rings. The highest BCUT2D eigenvalue weighted by Crippen LogP contribution is 2.18. The molecule has 5 heteroatoms. The highest BCUT2D eigenvalue weighted by atomic mass is 19.1. The van der Waals surface area contributed by atoms with Gasteiger partial charge in [-0.25, -0.2) is 8.78 Å². The fourth-order valence-corrected chi connectivity index (χ4v) is 2.08. The minimum Gasteiger partial charge on any atom is -0.385 e. The molecule has 21 heavy (non-hydrogen) atoms. The number of hydrogen-bond donors (Lipinski definition) is 2. The van der Waals surface area contributed by atoms with Gasteiger partial charge >= 0.3 is 0 Å². The van der Waals surface area contributed by atoms with Crippen LogP contribution in [0.2, 0.25) is 0 Å². The lowest BCUT2D eigenvalue weighted by atomic mass is 10.1. The van der Waals surface area contributed by atoms with Gasteiger partial charge in [0, 0.05) is 13.6 Å². The normalized spacial score (nSPS) is 10.2. The highest BCUT2D eigenvalue weighted by Gasteiger charge is 2.13. The van der Waals surface area contributed by atoms with Crippen molar-refractivity contribution in [3.05, 3.63) is 65.2 Å². The lowest BCUT2D eigenvalue weighted by molar-refractivity contribution is 0.0954. The molecule has 2 aromatic rings. The van der Waals surface area contributed by atoms with Crippen LogP contribution in [0.25, 0.3) is 0 Å². The Bertz CT molecular complexity index is 644. The maximum Gasteiger partial charge on any atom is 0.253 e. The van der Waals surface area contributed by atoms with E-state index in [9.17, 15) is 13.6 Å². The number of nitrogens with one attached hydrogen (secondary N) is 2. The highest BCUT2D eigenvalue weighted by molar-refractivity contribution is 5.99. The molecular weight excluding hydrogens is 274 g/mol. The van der Waals surface area contributed by atoms with E-state index in [0.717, 1.165) is 5.56 Å². The maximum absolute atomic E-state index is 13.6. The van der Waals surface area contributed by atoms with E-state index in [-0.39, 0.29) is 23.0 Å². The standard InChI is InChI=1S/C16H16F2N2O/c1-19-15-13(6-3-7-14(15)18)16(21)20-9-8-11-4-2-5-12(17)10-11/h2-7,10,19H,8-9H2,1H3,(H,20,21). The second-order valence-electron chi connectivity index (χ2n) is 4.55. The minimum absolute atomic E-state index is 0.167. The van der Waals surface area contributed by atoms with Crippen molar-refractivity contribution in [1.82, 2.24) is 5.32 Å². The van der Waals surface area contributed by atoms with Gasteiger partial charge in [-0.3, -0.25) is 4.79 Å². The van der Waals surface area contributed by atoms with E-state index in [1.165, 1.54) is 24.3 Å². The van der Waals surface area contributed by atoms with Crippen LogP contribution in [0, 0.1) is 11.6 Å². The zero-order chi connectivity index (χ0) is 15.2. The zero-order valence-corrected chi connectivity index (χ0v) is 11.6. The molecular formula is C16H16F2N2O. The quantitative estimate of drug-likeness (QED) is 0.889. The van der Waals surface area contributed by atoms with Crippen molar-refractivity contribution in [2.75, 3.05) is 18.9 Å². The Labute approximate surface area is 122 Å². The summed E-state index contributed by atoms with van der Waals surface area (Å²) < 4.78 is 26.6. The molecule has 3 nitrogen and oxygen atoms in total. The fourth-order valence-electron chi connectivity index (χ4n) is 2.08. The van der Waals surface area contributed by atoms with E-state index in [2.05, 4.69) is 10.6 Å². The summed E-state index contributed by atoms with van der Waals surface area (Å²) in [6.45, 7) is 0.349. The molecule has 0 bridgehead atoms. The summed E-state index contributed by atoms with van der Waals surface area (Å²) in [5, 5.41) is 5.38. The first-order valence-corrected chi connectivity index (χ1v) is 6.60. The van der Waals surface area contributed by atoms with Gasteiger partial charge in [0.15, 0.2) is 0 Å². The van der Waals surface area contributed by atoms with Crippen LogP contribution in [0.15, 0.2) is 42.5 Å². The molecule has 0 aliphatic heterocycles. The molecule has 0 heterocycles. The summed E-state index contributed by atoms with van der Waals surface area (Å²) in [6, 6.07) is 10.5. The van der Waals surface area contributed by atoms with Crippen LogP contribution >= 0.6 is 0 Å². The molecule has 0 fully saturated rings. The number of carbonyl (C=O) groups excluding carboxylic acids is 1. The van der Waals surface area contributed by atoms with Crippen LogP contribution in [0.1, 0.15) is 15.9 Å². The van der Waals surface area contributed by atoms with Crippen molar-refractivity contribution in [1.29, 1.82) is 0 Å². The largest absolute Gasteiger partial charge is 0.385 e. The predicted molar refractivity (Wildman–Crippen MR) is 78.4 cm³/mol. The van der Waals surface area contributed by atoms with Crippen molar-refractivity contribution in [2.45, 2.75) is 6.42 Å². The van der Waals surface area contributed by atoms with E-state index in [4.69, 9.17) is 0 Å². The van der Waals surface area contributed by atoms with Crippen LogP contribution in [0.5, 0.6) is 0 Å². The third-order valence-electron chi connectivity index (χ3n) is 3.10. The summed E-state index contributed by atoms with van der Waals surface area (Å²) >= 11 is 0. The van der Waals surface area contributed by atoms with Crippen molar-refractivity contribution in [3.63, 3.8) is 0 Å². The Morgan fingerprint density at radius 2 is 1.90 bits per heavy atom. The SMILES string of the molecule is CNc1c(F)cccc1C(=O)NCCc1cccc(F)c1. The lowest BCUT2D eigenvalue weighted by Gasteiger charge is -2.10. The smallest absolute Gasteiger partial charge is 0.253 e. The number of carbonyl (C=O) groups is 1. The van der Waals surface area contributed by atoms with Gasteiger partial charge in [0.25, 0.3) is 5.91 Å². The summed E-state index contributed by atoms with van der Waals surface area (Å²) in [6.07, 6.45) is 0.508. The van der Waals surface area contributed by atoms with Gasteiger partial charge in [0.05, 0.1) is 11.3 Å². The number of hydrogen-bond acceptors (Lipinski definition) is 2. The molecule has 0 atom stereocenters. The van der Waals surface area contributed by atoms with Gasteiger partial charge in [-0.1, -0.05) is 18.2 Å². The Hall–Kier alpha value is -2.43. The van der Waals surface area contributed by atoms with Crippen LogP contribution in [-0.2, 0) is 6.42 Å². The average molecular weight is 290 g/mol. The van der Waals surface area contributed by atoms with Crippen LogP contribution in [0.3, 0.4) is 0 Å². The number of halogens is 2. The fraction of sp³-hybridized carbons (Fsp3) is 0.188. The van der Waals surface area contributed by atoms with Crippen molar-refractivity contribution >= 4 is 11.6 Å². The summed E-state index contributed by atoms with van der Waals surface area (Å²) in [4.78, 5) is 12.0. The Morgan fingerprint density at radius 1 is 1.14 bits per heavy atom. The molecule has 2 rings (SSSR count). The molecule has 0 aromatic heterocycles. The van der Waals surface area contributed by atoms with E-state index in [0.29, 0.717) is 13.0 Å². The van der Waals surface area contributed by atoms with Gasteiger partial charge in [-0.05, 0) is 36.2 Å². The summed E-state index contributed by atoms with van der Waals surface area (Å²) in [5.74, 6) is -1.15. The van der Waals surface area contributed by atoms with E-state index >= 15 is 0 Å². The third kappa shape index (κ3) is 3.78. The topological polar surface area (TPSA) is 41.1 Å². The molecule has 0 unspecified atom stereocenters. The van der Waals surface area contributed by atoms with Gasteiger partial charge < -0.3 is 10.6 Å². The minimum atomic E-state index is -0.477. The third-order valence-corrected chi connectivity index (χ3v) is 3.10. The molecule has 2 aromatic carbocycles. The molecule has 0 saturated carbocycles. The number of benzene rings is 2. The van der Waals surface area contributed by atoms with Crippen LogP contribution in [-0.4, -0.2) is 19.5 Å². The first-order valence-electron chi connectivity index (χ1n) is 6.60. The number of rotatable bonds is 5. The first-order chi connectivity index (χ1) is 10.1. The second kappa shape index (κ2) is 6.83. The monoisotopic (exact) mass is 290 g/mol. The first kappa shape index (κ1) is 15.0. The molecule has 2 N–H and O–H groups in total. The second-order valence-corrected chi connectivity index (χ2v) is 4.55. The Kier molecular flexibility index (Phi) is 4.87. The van der Waals surface area contributed by atoms with E-state index in [1.54, 1.807) is 25.2 Å². The van der Waals surface area contributed by atoms with Crippen LogP contribution < -0.4 is 10.6 Å². The Morgan fingerprint density at radius 3 is 2.62 bits per heavy atom. The summed E-state index contributed by atoms with van der Waals surface area (Å²) in [7, 11) is 1.56. The van der Waals surface area contributed by atoms with Gasteiger partial charge in [0.1, 0.15) is 11.6 Å². The summed E-state index contributed by atoms with van der Waals surface area (Å²) in [5.41, 5.74) is 1.21. The molecule has 0 saturated heterocycles. The number of anilines is 1. The average Bonchev–Trinajstić information content (AvgIpc) is 2.47. The van der Waals surface area contributed by atoms with Gasteiger partial charge in [0.2, 0.25) is 0 Å². The van der Waals surface area contributed by atoms with Gasteiger partial charge in [-0.15, -0.1) is 0 Å².